The predicted octanol–water partition coefficient (Wildman–Crippen LogP) is 2.66. The Hall–Kier alpha value is -2.75. The minimum absolute atomic E-state index is 0.0514. The summed E-state index contributed by atoms with van der Waals surface area (Å²) in [7, 11) is -3.67. The van der Waals surface area contributed by atoms with Crippen LogP contribution in [0, 0.1) is 0 Å². The zero-order chi connectivity index (χ0) is 19.1. The molecule has 0 saturated carbocycles. The van der Waals surface area contributed by atoms with Crippen molar-refractivity contribution in [2.24, 2.45) is 0 Å². The van der Waals surface area contributed by atoms with E-state index in [1.807, 2.05) is 18.2 Å². The number of benzene rings is 1. The summed E-state index contributed by atoms with van der Waals surface area (Å²) in [6.45, 7) is 0.504. The van der Waals surface area contributed by atoms with Crippen LogP contribution >= 0.6 is 11.6 Å². The molecule has 0 aliphatic carbocycles. The summed E-state index contributed by atoms with van der Waals surface area (Å²) in [6.07, 6.45) is 3.08. The molecule has 10 heteroatoms. The van der Waals surface area contributed by atoms with Gasteiger partial charge in [-0.3, -0.25) is 0 Å². The van der Waals surface area contributed by atoms with Crippen molar-refractivity contribution in [1.29, 1.82) is 0 Å². The Balaban J connectivity index is 1.53. The molecule has 1 aromatic carbocycles. The minimum atomic E-state index is -3.67. The van der Waals surface area contributed by atoms with E-state index in [0.717, 1.165) is 0 Å². The second-order valence-corrected chi connectivity index (χ2v) is 7.53. The molecule has 0 aliphatic rings. The molecule has 0 saturated heterocycles. The van der Waals surface area contributed by atoms with Crippen molar-refractivity contribution >= 4 is 39.1 Å². The maximum Gasteiger partial charge on any atom is 0.242 e. The van der Waals surface area contributed by atoms with Crippen LogP contribution in [0.2, 0.25) is 5.02 Å². The monoisotopic (exact) mass is 404 g/mol. The molecule has 140 valence electrons. The van der Waals surface area contributed by atoms with Crippen molar-refractivity contribution in [3.63, 3.8) is 0 Å². The third kappa shape index (κ3) is 5.36. The van der Waals surface area contributed by atoms with Crippen LogP contribution in [0.5, 0.6) is 0 Å². The van der Waals surface area contributed by atoms with E-state index < -0.39 is 10.0 Å². The Morgan fingerprint density at radius 1 is 0.889 bits per heavy atom. The molecule has 0 atom stereocenters. The molecule has 2 aromatic heterocycles. The molecule has 3 rings (SSSR count). The largest absolute Gasteiger partial charge is 0.369 e. The molecule has 0 unspecified atom stereocenters. The van der Waals surface area contributed by atoms with Gasteiger partial charge in [0.2, 0.25) is 10.0 Å². The average Bonchev–Trinajstić information content (AvgIpc) is 2.67. The lowest BCUT2D eigenvalue weighted by Gasteiger charge is -2.10. The van der Waals surface area contributed by atoms with Gasteiger partial charge in [0.15, 0.2) is 0 Å². The van der Waals surface area contributed by atoms with Gasteiger partial charge in [-0.1, -0.05) is 29.8 Å². The van der Waals surface area contributed by atoms with Crippen molar-refractivity contribution in [2.75, 3.05) is 23.7 Å². The fourth-order valence-corrected chi connectivity index (χ4v) is 3.76. The molecule has 0 aliphatic heterocycles. The van der Waals surface area contributed by atoms with Crippen LogP contribution in [-0.4, -0.2) is 36.5 Å². The van der Waals surface area contributed by atoms with Crippen molar-refractivity contribution in [2.45, 2.75) is 4.90 Å². The number of pyridine rings is 1. The summed E-state index contributed by atoms with van der Waals surface area (Å²) >= 11 is 5.94. The zero-order valence-electron chi connectivity index (χ0n) is 14.1. The van der Waals surface area contributed by atoms with Crippen molar-refractivity contribution in [3.8, 4) is 0 Å². The van der Waals surface area contributed by atoms with E-state index in [4.69, 9.17) is 11.6 Å². The Morgan fingerprint density at radius 2 is 1.67 bits per heavy atom. The molecule has 3 aromatic rings. The fraction of sp³-hybridized carbons (Fsp3) is 0.118. The Kier molecular flexibility index (Phi) is 6.17. The number of sulfonamides is 1. The lowest BCUT2D eigenvalue weighted by molar-refractivity contribution is 0.583. The molecule has 8 nitrogen and oxygen atoms in total. The van der Waals surface area contributed by atoms with E-state index in [-0.39, 0.29) is 16.5 Å². The predicted molar refractivity (Wildman–Crippen MR) is 105 cm³/mol. The van der Waals surface area contributed by atoms with Gasteiger partial charge < -0.3 is 10.6 Å². The van der Waals surface area contributed by atoms with Gasteiger partial charge in [0.1, 0.15) is 28.7 Å². The van der Waals surface area contributed by atoms with Crippen LogP contribution in [0.15, 0.2) is 66.0 Å². The van der Waals surface area contributed by atoms with Gasteiger partial charge in [-0.2, -0.15) is 0 Å². The minimum Gasteiger partial charge on any atom is -0.369 e. The lowest BCUT2D eigenvalue weighted by atomic mass is 10.4. The Labute approximate surface area is 162 Å². The summed E-state index contributed by atoms with van der Waals surface area (Å²) in [5.41, 5.74) is 0. The van der Waals surface area contributed by atoms with Crippen molar-refractivity contribution in [3.05, 3.63) is 66.1 Å². The maximum absolute atomic E-state index is 12.3. The van der Waals surface area contributed by atoms with Gasteiger partial charge in [0.25, 0.3) is 0 Å². The first-order valence-corrected chi connectivity index (χ1v) is 9.89. The number of anilines is 3. The number of nitrogens with zero attached hydrogens (tertiary/aromatic N) is 3. The van der Waals surface area contributed by atoms with Crippen LogP contribution in [0.3, 0.4) is 0 Å². The summed E-state index contributed by atoms with van der Waals surface area (Å²) in [6, 6.07) is 13.5. The number of aromatic nitrogens is 3. The number of rotatable bonds is 8. The molecule has 0 spiro atoms. The van der Waals surface area contributed by atoms with E-state index in [0.29, 0.717) is 24.0 Å². The third-order valence-corrected chi connectivity index (χ3v) is 5.40. The molecule has 2 heterocycles. The molecular weight excluding hydrogens is 388 g/mol. The quantitative estimate of drug-likeness (QED) is 0.495. The van der Waals surface area contributed by atoms with Gasteiger partial charge in [-0.25, -0.2) is 28.1 Å². The first kappa shape index (κ1) is 19.0. The number of nitrogens with one attached hydrogen (secondary N) is 3. The first-order chi connectivity index (χ1) is 13.0. The summed E-state index contributed by atoms with van der Waals surface area (Å²) in [5.74, 6) is 1.79. The standard InChI is InChI=1S/C17H17ClN6O2S/c18-13-5-1-2-6-14(13)27(25,26)23-10-9-20-16-11-17(22-12-21-16)24-15-7-3-4-8-19-15/h1-8,11-12,23H,9-10H2,(H2,19,20,21,22,24). The highest BCUT2D eigenvalue weighted by Gasteiger charge is 2.16. The molecular formula is C17H17ClN6O2S. The van der Waals surface area contributed by atoms with Gasteiger partial charge >= 0.3 is 0 Å². The highest BCUT2D eigenvalue weighted by molar-refractivity contribution is 7.89. The topological polar surface area (TPSA) is 109 Å². The number of hydrogen-bond acceptors (Lipinski definition) is 7. The molecule has 0 radical (unpaired) electrons. The molecule has 3 N–H and O–H groups in total. The fourth-order valence-electron chi connectivity index (χ4n) is 2.21. The molecule has 0 amide bonds. The van der Waals surface area contributed by atoms with Crippen LogP contribution < -0.4 is 15.4 Å². The highest BCUT2D eigenvalue weighted by Crippen LogP contribution is 2.20. The van der Waals surface area contributed by atoms with E-state index >= 15 is 0 Å². The van der Waals surface area contributed by atoms with Crippen LogP contribution in [0.25, 0.3) is 0 Å². The van der Waals surface area contributed by atoms with Gasteiger partial charge in [0.05, 0.1) is 5.02 Å². The normalized spacial score (nSPS) is 11.1. The van der Waals surface area contributed by atoms with Gasteiger partial charge in [-0.05, 0) is 24.3 Å². The maximum atomic E-state index is 12.3. The van der Waals surface area contributed by atoms with E-state index in [9.17, 15) is 8.42 Å². The highest BCUT2D eigenvalue weighted by atomic mass is 35.5. The Bertz CT molecular complexity index is 1000. The van der Waals surface area contributed by atoms with Gasteiger partial charge in [-0.15, -0.1) is 0 Å². The number of halogens is 1. The van der Waals surface area contributed by atoms with Crippen molar-refractivity contribution < 1.29 is 8.42 Å². The van der Waals surface area contributed by atoms with E-state index in [1.54, 1.807) is 24.4 Å². The molecule has 0 bridgehead atoms. The Morgan fingerprint density at radius 3 is 2.44 bits per heavy atom. The van der Waals surface area contributed by atoms with Crippen molar-refractivity contribution in [1.82, 2.24) is 19.7 Å². The zero-order valence-corrected chi connectivity index (χ0v) is 15.7. The van der Waals surface area contributed by atoms with E-state index in [1.165, 1.54) is 18.5 Å². The lowest BCUT2D eigenvalue weighted by Crippen LogP contribution is -2.29. The first-order valence-electron chi connectivity index (χ1n) is 8.03. The van der Waals surface area contributed by atoms with Crippen LogP contribution in [-0.2, 0) is 10.0 Å². The third-order valence-electron chi connectivity index (χ3n) is 3.44. The SMILES string of the molecule is O=S(=O)(NCCNc1cc(Nc2ccccn2)ncn1)c1ccccc1Cl. The van der Waals surface area contributed by atoms with Crippen LogP contribution in [0.4, 0.5) is 17.5 Å². The summed E-state index contributed by atoms with van der Waals surface area (Å²) in [5, 5.41) is 6.28. The second kappa shape index (κ2) is 8.76. The molecule has 27 heavy (non-hydrogen) atoms. The number of hydrogen-bond donors (Lipinski definition) is 3. The van der Waals surface area contributed by atoms with Crippen LogP contribution in [0.1, 0.15) is 0 Å². The molecule has 0 fully saturated rings. The average molecular weight is 405 g/mol. The van der Waals surface area contributed by atoms with E-state index in [2.05, 4.69) is 30.3 Å². The second-order valence-electron chi connectivity index (χ2n) is 5.38. The summed E-state index contributed by atoms with van der Waals surface area (Å²) in [4.78, 5) is 12.4. The van der Waals surface area contributed by atoms with Gasteiger partial charge in [0, 0.05) is 25.4 Å². The smallest absolute Gasteiger partial charge is 0.242 e. The summed E-state index contributed by atoms with van der Waals surface area (Å²) < 4.78 is 27.0.